The van der Waals surface area contributed by atoms with Crippen LogP contribution in [0.4, 0.5) is 0 Å². The maximum Gasteiger partial charge on any atom is 0.202 e. The first-order valence-corrected chi connectivity index (χ1v) is 5.99. The molecule has 0 unspecified atom stereocenters. The average Bonchev–Trinajstić information content (AvgIpc) is 2.64. The summed E-state index contributed by atoms with van der Waals surface area (Å²) >= 11 is 0. The number of para-hydroxylation sites is 1. The van der Waals surface area contributed by atoms with Gasteiger partial charge >= 0.3 is 0 Å². The minimum Gasteiger partial charge on any atom is -0.494 e. The summed E-state index contributed by atoms with van der Waals surface area (Å²) in [5, 5.41) is 20.4. The molecule has 0 saturated carbocycles. The summed E-state index contributed by atoms with van der Waals surface area (Å²) < 4.78 is 1.54. The van der Waals surface area contributed by atoms with E-state index in [0.29, 0.717) is 0 Å². The van der Waals surface area contributed by atoms with Crippen LogP contribution in [0.25, 0.3) is 5.69 Å². The van der Waals surface area contributed by atoms with Gasteiger partial charge in [0.1, 0.15) is 0 Å². The lowest BCUT2D eigenvalue weighted by molar-refractivity contribution is 0.399. The predicted molar refractivity (Wildman–Crippen MR) is 65.7 cm³/mol. The lowest BCUT2D eigenvalue weighted by Crippen LogP contribution is -1.98. The molecule has 2 N–H and O–H groups in total. The molecule has 1 aromatic heterocycles. The number of nitrogens with zero attached hydrogens (tertiary/aromatic N) is 1. The molecule has 0 amide bonds. The van der Waals surface area contributed by atoms with Crippen molar-refractivity contribution in [1.82, 2.24) is 4.57 Å². The Morgan fingerprint density at radius 1 is 0.824 bits per heavy atom. The third-order valence-corrected chi connectivity index (χ3v) is 3.45. The normalized spacial score (nSPS) is 14.6. The van der Waals surface area contributed by atoms with Crippen LogP contribution in [-0.4, -0.2) is 14.8 Å². The van der Waals surface area contributed by atoms with Gasteiger partial charge in [-0.25, -0.2) is 0 Å². The van der Waals surface area contributed by atoms with E-state index in [0.717, 1.165) is 42.5 Å². The fraction of sp³-hybridized carbons (Fsp3) is 0.286. The third-order valence-electron chi connectivity index (χ3n) is 3.45. The van der Waals surface area contributed by atoms with E-state index in [1.807, 2.05) is 30.3 Å². The molecule has 1 heterocycles. The summed E-state index contributed by atoms with van der Waals surface area (Å²) in [7, 11) is 0. The van der Waals surface area contributed by atoms with Crippen LogP contribution in [0.1, 0.15) is 24.0 Å². The number of hydrogen-bond donors (Lipinski definition) is 2. The fourth-order valence-corrected chi connectivity index (χ4v) is 2.59. The van der Waals surface area contributed by atoms with Crippen LogP contribution in [0.3, 0.4) is 0 Å². The molecule has 1 aliphatic rings. The van der Waals surface area contributed by atoms with Crippen molar-refractivity contribution in [3.63, 3.8) is 0 Å². The zero-order valence-corrected chi connectivity index (χ0v) is 9.56. The molecule has 3 nitrogen and oxygen atoms in total. The Hall–Kier alpha value is -1.90. The molecule has 0 radical (unpaired) electrons. The van der Waals surface area contributed by atoms with Crippen LogP contribution in [0, 0.1) is 0 Å². The van der Waals surface area contributed by atoms with E-state index in [1.54, 1.807) is 0 Å². The Balaban J connectivity index is 2.21. The van der Waals surface area contributed by atoms with Gasteiger partial charge in [-0.05, 0) is 37.8 Å². The van der Waals surface area contributed by atoms with E-state index in [9.17, 15) is 10.2 Å². The number of benzene rings is 1. The lowest BCUT2D eigenvalue weighted by Gasteiger charge is -2.09. The molecule has 0 spiro atoms. The second-order valence-electron chi connectivity index (χ2n) is 4.48. The van der Waals surface area contributed by atoms with Gasteiger partial charge in [-0.1, -0.05) is 18.2 Å². The highest BCUT2D eigenvalue weighted by molar-refractivity contribution is 5.53. The molecule has 0 saturated heterocycles. The average molecular weight is 229 g/mol. The first-order valence-electron chi connectivity index (χ1n) is 5.99. The minimum atomic E-state index is 0.198. The van der Waals surface area contributed by atoms with Crippen molar-refractivity contribution in [3.8, 4) is 17.4 Å². The Morgan fingerprint density at radius 3 is 1.88 bits per heavy atom. The standard InChI is InChI=1S/C14H15NO2/c16-13-11-8-4-5-9-12(11)14(17)15(13)10-6-2-1-3-7-10/h1-3,6-7,16-17H,4-5,8-9H2. The molecule has 3 rings (SSSR count). The molecule has 1 aliphatic carbocycles. The van der Waals surface area contributed by atoms with Crippen LogP contribution < -0.4 is 0 Å². The quantitative estimate of drug-likeness (QED) is 0.789. The predicted octanol–water partition coefficient (Wildman–Crippen LogP) is 2.77. The lowest BCUT2D eigenvalue weighted by atomic mass is 9.95. The molecule has 0 aliphatic heterocycles. The van der Waals surface area contributed by atoms with Crippen molar-refractivity contribution >= 4 is 0 Å². The van der Waals surface area contributed by atoms with E-state index >= 15 is 0 Å². The highest BCUT2D eigenvalue weighted by Gasteiger charge is 2.24. The summed E-state index contributed by atoms with van der Waals surface area (Å²) in [4.78, 5) is 0. The summed E-state index contributed by atoms with van der Waals surface area (Å²) in [5.41, 5.74) is 2.63. The third kappa shape index (κ3) is 1.50. The fourth-order valence-electron chi connectivity index (χ4n) is 2.59. The molecule has 1 aromatic carbocycles. The molecule has 3 heteroatoms. The smallest absolute Gasteiger partial charge is 0.202 e. The van der Waals surface area contributed by atoms with E-state index in [-0.39, 0.29) is 11.8 Å². The first-order chi connectivity index (χ1) is 8.29. The van der Waals surface area contributed by atoms with Crippen LogP contribution in [0.5, 0.6) is 11.8 Å². The minimum absolute atomic E-state index is 0.198. The van der Waals surface area contributed by atoms with Gasteiger partial charge in [0, 0.05) is 11.1 Å². The van der Waals surface area contributed by atoms with Crippen LogP contribution in [0.15, 0.2) is 30.3 Å². The first kappa shape index (κ1) is 10.3. The zero-order chi connectivity index (χ0) is 11.8. The Kier molecular flexibility index (Phi) is 2.32. The number of aromatic nitrogens is 1. The van der Waals surface area contributed by atoms with Crippen molar-refractivity contribution in [3.05, 3.63) is 41.5 Å². The zero-order valence-electron chi connectivity index (χ0n) is 9.56. The summed E-state index contributed by atoms with van der Waals surface area (Å²) in [6.45, 7) is 0. The van der Waals surface area contributed by atoms with Crippen LogP contribution in [0.2, 0.25) is 0 Å². The molecule has 0 atom stereocenters. The number of rotatable bonds is 1. The summed E-state index contributed by atoms with van der Waals surface area (Å²) in [5.74, 6) is 0.395. The van der Waals surface area contributed by atoms with Gasteiger partial charge in [0.05, 0.1) is 5.69 Å². The molecule has 0 fully saturated rings. The maximum atomic E-state index is 10.2. The second-order valence-corrected chi connectivity index (χ2v) is 4.48. The monoisotopic (exact) mass is 229 g/mol. The van der Waals surface area contributed by atoms with Gasteiger partial charge in [-0.2, -0.15) is 0 Å². The largest absolute Gasteiger partial charge is 0.494 e. The molecular formula is C14H15NO2. The van der Waals surface area contributed by atoms with Crippen molar-refractivity contribution < 1.29 is 10.2 Å². The summed E-state index contributed by atoms with van der Waals surface area (Å²) in [6.07, 6.45) is 3.88. The van der Waals surface area contributed by atoms with Crippen molar-refractivity contribution in [1.29, 1.82) is 0 Å². The van der Waals surface area contributed by atoms with Gasteiger partial charge in [-0.15, -0.1) is 0 Å². The van der Waals surface area contributed by atoms with Crippen LogP contribution >= 0.6 is 0 Å². The van der Waals surface area contributed by atoms with Crippen LogP contribution in [-0.2, 0) is 12.8 Å². The highest BCUT2D eigenvalue weighted by atomic mass is 16.3. The Labute approximate surface area is 100.0 Å². The molecule has 17 heavy (non-hydrogen) atoms. The number of aromatic hydroxyl groups is 2. The Bertz CT molecular complexity index is 514. The van der Waals surface area contributed by atoms with E-state index in [1.165, 1.54) is 4.57 Å². The molecule has 0 bridgehead atoms. The maximum absolute atomic E-state index is 10.2. The topological polar surface area (TPSA) is 45.4 Å². The van der Waals surface area contributed by atoms with Gasteiger partial charge in [0.2, 0.25) is 11.8 Å². The van der Waals surface area contributed by atoms with Gasteiger partial charge in [0.25, 0.3) is 0 Å². The second kappa shape index (κ2) is 3.84. The van der Waals surface area contributed by atoms with Gasteiger partial charge in [-0.3, -0.25) is 4.57 Å². The van der Waals surface area contributed by atoms with E-state index in [4.69, 9.17) is 0 Å². The van der Waals surface area contributed by atoms with E-state index in [2.05, 4.69) is 0 Å². The number of fused-ring (bicyclic) bond motifs is 1. The van der Waals surface area contributed by atoms with Crippen molar-refractivity contribution in [2.24, 2.45) is 0 Å². The Morgan fingerprint density at radius 2 is 1.35 bits per heavy atom. The SMILES string of the molecule is Oc1c2c(c(O)n1-c1ccccc1)CCCC2. The number of hydrogen-bond acceptors (Lipinski definition) is 2. The molecule has 2 aromatic rings. The van der Waals surface area contributed by atoms with Gasteiger partial charge in [0.15, 0.2) is 0 Å². The highest BCUT2D eigenvalue weighted by Crippen LogP contribution is 2.40. The summed E-state index contributed by atoms with van der Waals surface area (Å²) in [6, 6.07) is 9.47. The van der Waals surface area contributed by atoms with Gasteiger partial charge < -0.3 is 10.2 Å². The van der Waals surface area contributed by atoms with Crippen molar-refractivity contribution in [2.45, 2.75) is 25.7 Å². The van der Waals surface area contributed by atoms with Crippen molar-refractivity contribution in [2.75, 3.05) is 0 Å². The molecule has 88 valence electrons. The molecular weight excluding hydrogens is 214 g/mol. The van der Waals surface area contributed by atoms with E-state index < -0.39 is 0 Å².